The molecule has 0 aliphatic carbocycles. The van der Waals surface area contributed by atoms with E-state index < -0.39 is 0 Å². The molecule has 0 aliphatic heterocycles. The van der Waals surface area contributed by atoms with Gasteiger partial charge in [-0.25, -0.2) is 0 Å². The minimum absolute atomic E-state index is 0.0366. The predicted molar refractivity (Wildman–Crippen MR) is 46.2 cm³/mol. The van der Waals surface area contributed by atoms with E-state index in [1.807, 2.05) is 6.07 Å². The van der Waals surface area contributed by atoms with Crippen LogP contribution in [0.25, 0.3) is 0 Å². The van der Waals surface area contributed by atoms with Gasteiger partial charge >= 0.3 is 0 Å². The zero-order chi connectivity index (χ0) is 9.10. The average Bonchev–Trinajstić information content (AvgIpc) is 2.61. The van der Waals surface area contributed by atoms with Gasteiger partial charge < -0.3 is 4.57 Å². The summed E-state index contributed by atoms with van der Waals surface area (Å²) >= 11 is 0. The van der Waals surface area contributed by atoms with E-state index in [1.165, 1.54) is 6.07 Å². The van der Waals surface area contributed by atoms with Crippen LogP contribution >= 0.6 is 0 Å². The summed E-state index contributed by atoms with van der Waals surface area (Å²) in [6.45, 7) is 0.455. The molecule has 2 aromatic rings. The predicted octanol–water partition coefficient (Wildman–Crippen LogP) is 0.0147. The maximum Gasteiger partial charge on any atom is 0.250 e. The summed E-state index contributed by atoms with van der Waals surface area (Å²) in [4.78, 5) is 11.2. The fraction of sp³-hybridized carbons (Fsp3) is 0.125. The van der Waals surface area contributed by atoms with Crippen LogP contribution < -0.4 is 5.56 Å². The third-order valence-electron chi connectivity index (χ3n) is 1.70. The summed E-state index contributed by atoms with van der Waals surface area (Å²) in [6.07, 6.45) is 3.39. The van der Waals surface area contributed by atoms with Crippen molar-refractivity contribution in [3.63, 3.8) is 0 Å². The summed E-state index contributed by atoms with van der Waals surface area (Å²) in [5, 5.41) is 9.94. The van der Waals surface area contributed by atoms with Crippen molar-refractivity contribution in [2.24, 2.45) is 0 Å². The third kappa shape index (κ3) is 1.64. The summed E-state index contributed by atoms with van der Waals surface area (Å²) < 4.78 is 1.57. The molecule has 0 radical (unpaired) electrons. The molecule has 0 saturated carbocycles. The highest BCUT2D eigenvalue weighted by Crippen LogP contribution is 1.91. The van der Waals surface area contributed by atoms with E-state index in [-0.39, 0.29) is 5.56 Å². The molecular weight excluding hydrogens is 168 g/mol. The highest BCUT2D eigenvalue weighted by molar-refractivity contribution is 4.98. The van der Waals surface area contributed by atoms with Crippen LogP contribution in [0.4, 0.5) is 0 Å². The number of hydrogen-bond acceptors (Lipinski definition) is 3. The van der Waals surface area contributed by atoms with Gasteiger partial charge in [0.25, 0.3) is 5.56 Å². The van der Waals surface area contributed by atoms with E-state index in [9.17, 15) is 4.79 Å². The van der Waals surface area contributed by atoms with E-state index in [0.717, 1.165) is 5.69 Å². The molecule has 0 atom stereocenters. The molecule has 2 aromatic heterocycles. The summed E-state index contributed by atoms with van der Waals surface area (Å²) in [5.41, 5.74) is 0.707. The van der Waals surface area contributed by atoms with Gasteiger partial charge in [-0.05, 0) is 6.07 Å². The molecule has 0 amide bonds. The molecule has 5 heteroatoms. The lowest BCUT2D eigenvalue weighted by Crippen LogP contribution is -2.18. The van der Waals surface area contributed by atoms with Crippen molar-refractivity contribution in [1.29, 1.82) is 0 Å². The maximum absolute atomic E-state index is 11.2. The number of nitrogens with zero attached hydrogens (tertiary/aromatic N) is 3. The summed E-state index contributed by atoms with van der Waals surface area (Å²) in [6, 6.07) is 5.03. The van der Waals surface area contributed by atoms with Crippen LogP contribution in [0.5, 0.6) is 0 Å². The van der Waals surface area contributed by atoms with E-state index in [4.69, 9.17) is 0 Å². The SMILES string of the molecule is O=c1ccccn1Cc1c[nH]nn1. The lowest BCUT2D eigenvalue weighted by Gasteiger charge is -1.99. The number of H-pyrrole nitrogens is 1. The monoisotopic (exact) mass is 176 g/mol. The number of aromatic amines is 1. The zero-order valence-electron chi connectivity index (χ0n) is 6.84. The quantitative estimate of drug-likeness (QED) is 0.701. The van der Waals surface area contributed by atoms with Crippen molar-refractivity contribution in [2.75, 3.05) is 0 Å². The Morgan fingerprint density at radius 1 is 1.46 bits per heavy atom. The minimum Gasteiger partial charge on any atom is -0.309 e. The maximum atomic E-state index is 11.2. The molecule has 0 aromatic carbocycles. The van der Waals surface area contributed by atoms with E-state index >= 15 is 0 Å². The second kappa shape index (κ2) is 3.22. The first-order valence-electron chi connectivity index (χ1n) is 3.87. The van der Waals surface area contributed by atoms with Crippen molar-refractivity contribution < 1.29 is 0 Å². The van der Waals surface area contributed by atoms with Crippen molar-refractivity contribution in [3.05, 3.63) is 46.6 Å². The van der Waals surface area contributed by atoms with Crippen molar-refractivity contribution in [2.45, 2.75) is 6.54 Å². The van der Waals surface area contributed by atoms with Crippen LogP contribution in [0.3, 0.4) is 0 Å². The first-order chi connectivity index (χ1) is 6.36. The minimum atomic E-state index is -0.0366. The molecule has 0 spiro atoms. The molecule has 0 aliphatic rings. The molecule has 1 N–H and O–H groups in total. The molecule has 0 unspecified atom stereocenters. The Labute approximate surface area is 74.0 Å². The molecule has 5 nitrogen and oxygen atoms in total. The Bertz CT molecular complexity index is 431. The molecule has 0 saturated heterocycles. The van der Waals surface area contributed by atoms with E-state index in [2.05, 4.69) is 15.4 Å². The first kappa shape index (κ1) is 7.72. The van der Waals surface area contributed by atoms with Crippen LogP contribution in [0, 0.1) is 0 Å². The Kier molecular flexibility index (Phi) is 1.91. The molecular formula is C8H8N4O. The Morgan fingerprint density at radius 3 is 3.08 bits per heavy atom. The van der Waals surface area contributed by atoms with Crippen LogP contribution in [-0.2, 0) is 6.54 Å². The highest BCUT2D eigenvalue weighted by atomic mass is 16.1. The molecule has 0 fully saturated rings. The van der Waals surface area contributed by atoms with Crippen molar-refractivity contribution >= 4 is 0 Å². The lowest BCUT2D eigenvalue weighted by atomic mass is 10.4. The largest absolute Gasteiger partial charge is 0.309 e. The van der Waals surface area contributed by atoms with E-state index in [1.54, 1.807) is 23.0 Å². The topological polar surface area (TPSA) is 63.6 Å². The van der Waals surface area contributed by atoms with Gasteiger partial charge in [0.05, 0.1) is 6.54 Å². The van der Waals surface area contributed by atoms with Gasteiger partial charge in [0.15, 0.2) is 0 Å². The van der Waals surface area contributed by atoms with Crippen LogP contribution in [0.15, 0.2) is 35.4 Å². The van der Waals surface area contributed by atoms with Gasteiger partial charge in [-0.3, -0.25) is 9.89 Å². The van der Waals surface area contributed by atoms with Crippen molar-refractivity contribution in [3.8, 4) is 0 Å². The number of nitrogens with one attached hydrogen (secondary N) is 1. The van der Waals surface area contributed by atoms with Gasteiger partial charge in [-0.2, -0.15) is 0 Å². The second-order valence-corrected chi connectivity index (χ2v) is 2.63. The van der Waals surface area contributed by atoms with Gasteiger partial charge in [0, 0.05) is 18.5 Å². The van der Waals surface area contributed by atoms with Crippen LogP contribution in [0.1, 0.15) is 5.69 Å². The highest BCUT2D eigenvalue weighted by Gasteiger charge is 1.97. The Balaban J connectivity index is 2.29. The van der Waals surface area contributed by atoms with Gasteiger partial charge in [-0.15, -0.1) is 5.10 Å². The van der Waals surface area contributed by atoms with Crippen LogP contribution in [0.2, 0.25) is 0 Å². The molecule has 66 valence electrons. The second-order valence-electron chi connectivity index (χ2n) is 2.63. The molecule has 2 heterocycles. The Morgan fingerprint density at radius 2 is 2.38 bits per heavy atom. The molecule has 2 rings (SSSR count). The summed E-state index contributed by atoms with van der Waals surface area (Å²) in [7, 11) is 0. The van der Waals surface area contributed by atoms with Gasteiger partial charge in [0.2, 0.25) is 0 Å². The normalized spacial score (nSPS) is 10.2. The average molecular weight is 176 g/mol. The Hall–Kier alpha value is -1.91. The number of hydrogen-bond donors (Lipinski definition) is 1. The molecule has 13 heavy (non-hydrogen) atoms. The smallest absolute Gasteiger partial charge is 0.250 e. The van der Waals surface area contributed by atoms with Gasteiger partial charge in [-0.1, -0.05) is 11.3 Å². The first-order valence-corrected chi connectivity index (χ1v) is 3.87. The lowest BCUT2D eigenvalue weighted by molar-refractivity contribution is 0.734. The number of pyridine rings is 1. The van der Waals surface area contributed by atoms with Crippen molar-refractivity contribution in [1.82, 2.24) is 20.0 Å². The zero-order valence-corrected chi connectivity index (χ0v) is 6.84. The third-order valence-corrected chi connectivity index (χ3v) is 1.70. The molecule has 0 bridgehead atoms. The standard InChI is InChI=1S/C8H8N4O/c13-8-3-1-2-4-12(8)6-7-5-9-11-10-7/h1-5H,6H2,(H,9,10,11). The number of rotatable bonds is 2. The van der Waals surface area contributed by atoms with E-state index in [0.29, 0.717) is 6.54 Å². The van der Waals surface area contributed by atoms with Crippen LogP contribution in [-0.4, -0.2) is 20.0 Å². The fourth-order valence-electron chi connectivity index (χ4n) is 1.07. The summed E-state index contributed by atoms with van der Waals surface area (Å²) in [5.74, 6) is 0. The number of aromatic nitrogens is 4. The van der Waals surface area contributed by atoms with Gasteiger partial charge in [0.1, 0.15) is 5.69 Å². The fourth-order valence-corrected chi connectivity index (χ4v) is 1.07.